The third kappa shape index (κ3) is 4.46. The maximum atomic E-state index is 13.0. The molecule has 0 aliphatic rings. The summed E-state index contributed by atoms with van der Waals surface area (Å²) in [5, 5.41) is 6.69. The van der Waals surface area contributed by atoms with E-state index in [0.717, 1.165) is 27.2 Å². The van der Waals surface area contributed by atoms with Gasteiger partial charge in [0.2, 0.25) is 5.91 Å². The molecule has 7 heteroatoms. The summed E-state index contributed by atoms with van der Waals surface area (Å²) in [4.78, 5) is 16.7. The number of carbonyl (C=O) groups excluding carboxylic acids is 1. The standard InChI is InChI=1S/C22H20FN3O2S/c1-28-19-6-7-20-16(12-19)8-10-26(20)11-9-24-21(27)13-18-14-29-22(25-18)15-2-4-17(23)5-3-15/h2-8,10,12,14H,9,11,13H2,1H3,(H,24,27). The molecule has 0 unspecified atom stereocenters. The second-order valence-electron chi connectivity index (χ2n) is 6.61. The van der Waals surface area contributed by atoms with E-state index in [1.165, 1.54) is 23.5 Å². The molecule has 0 radical (unpaired) electrons. The quantitative estimate of drug-likeness (QED) is 0.496. The van der Waals surface area contributed by atoms with E-state index in [9.17, 15) is 9.18 Å². The van der Waals surface area contributed by atoms with Gasteiger partial charge >= 0.3 is 0 Å². The summed E-state index contributed by atoms with van der Waals surface area (Å²) in [6.07, 6.45) is 2.23. The lowest BCUT2D eigenvalue weighted by Crippen LogP contribution is -2.28. The van der Waals surface area contributed by atoms with Crippen molar-refractivity contribution in [1.82, 2.24) is 14.9 Å². The van der Waals surface area contributed by atoms with Crippen LogP contribution in [-0.4, -0.2) is 29.1 Å². The van der Waals surface area contributed by atoms with Crippen molar-refractivity contribution in [2.75, 3.05) is 13.7 Å². The Morgan fingerprint density at radius 3 is 2.83 bits per heavy atom. The molecular formula is C22H20FN3O2S. The number of methoxy groups -OCH3 is 1. The van der Waals surface area contributed by atoms with Gasteiger partial charge in [0.05, 0.1) is 19.2 Å². The van der Waals surface area contributed by atoms with Gasteiger partial charge in [0.1, 0.15) is 16.6 Å². The van der Waals surface area contributed by atoms with Crippen molar-refractivity contribution >= 4 is 28.1 Å². The van der Waals surface area contributed by atoms with Crippen molar-refractivity contribution in [2.24, 2.45) is 0 Å². The van der Waals surface area contributed by atoms with E-state index in [0.29, 0.717) is 18.8 Å². The zero-order chi connectivity index (χ0) is 20.2. The van der Waals surface area contributed by atoms with Crippen molar-refractivity contribution in [1.29, 1.82) is 0 Å². The van der Waals surface area contributed by atoms with Crippen LogP contribution in [0, 0.1) is 5.82 Å². The number of rotatable bonds is 7. The molecule has 2 heterocycles. The Balaban J connectivity index is 1.31. The van der Waals surface area contributed by atoms with E-state index in [2.05, 4.69) is 14.9 Å². The highest BCUT2D eigenvalue weighted by molar-refractivity contribution is 7.13. The largest absolute Gasteiger partial charge is 0.497 e. The second-order valence-corrected chi connectivity index (χ2v) is 7.47. The smallest absolute Gasteiger partial charge is 0.226 e. The molecule has 0 spiro atoms. The summed E-state index contributed by atoms with van der Waals surface area (Å²) in [6.45, 7) is 1.21. The molecular weight excluding hydrogens is 389 g/mol. The highest BCUT2D eigenvalue weighted by Crippen LogP contribution is 2.24. The number of ether oxygens (including phenoxy) is 1. The van der Waals surface area contributed by atoms with Crippen molar-refractivity contribution in [2.45, 2.75) is 13.0 Å². The SMILES string of the molecule is COc1ccc2c(ccn2CCNC(=O)Cc2csc(-c3ccc(F)cc3)n2)c1. The van der Waals surface area contributed by atoms with Crippen LogP contribution in [0.25, 0.3) is 21.5 Å². The molecule has 0 aliphatic carbocycles. The molecule has 1 amide bonds. The lowest BCUT2D eigenvalue weighted by molar-refractivity contribution is -0.120. The first-order valence-corrected chi connectivity index (χ1v) is 10.1. The van der Waals surface area contributed by atoms with Crippen LogP contribution in [0.15, 0.2) is 60.1 Å². The predicted octanol–water partition coefficient (Wildman–Crippen LogP) is 4.27. The van der Waals surface area contributed by atoms with Crippen LogP contribution in [0.2, 0.25) is 0 Å². The number of nitrogens with zero attached hydrogens (tertiary/aromatic N) is 2. The summed E-state index contributed by atoms with van der Waals surface area (Å²) in [7, 11) is 1.65. The third-order valence-electron chi connectivity index (χ3n) is 4.64. The van der Waals surface area contributed by atoms with Crippen LogP contribution in [0.4, 0.5) is 4.39 Å². The van der Waals surface area contributed by atoms with Crippen LogP contribution in [0.5, 0.6) is 5.75 Å². The lowest BCUT2D eigenvalue weighted by atomic mass is 10.2. The average Bonchev–Trinajstić information content (AvgIpc) is 3.35. The van der Waals surface area contributed by atoms with E-state index >= 15 is 0 Å². The number of nitrogens with one attached hydrogen (secondary N) is 1. The molecule has 2 aromatic carbocycles. The Morgan fingerprint density at radius 1 is 1.21 bits per heavy atom. The number of aromatic nitrogens is 2. The number of halogens is 1. The Hall–Kier alpha value is -3.19. The molecule has 0 bridgehead atoms. The number of amides is 1. The molecule has 0 fully saturated rings. The summed E-state index contributed by atoms with van der Waals surface area (Å²) in [5.74, 6) is 0.477. The summed E-state index contributed by atoms with van der Waals surface area (Å²) < 4.78 is 20.4. The molecule has 0 saturated carbocycles. The van der Waals surface area contributed by atoms with E-state index in [4.69, 9.17) is 4.74 Å². The highest BCUT2D eigenvalue weighted by atomic mass is 32.1. The molecule has 1 N–H and O–H groups in total. The van der Waals surface area contributed by atoms with Crippen LogP contribution >= 0.6 is 11.3 Å². The third-order valence-corrected chi connectivity index (χ3v) is 5.58. The normalized spacial score (nSPS) is 11.0. The van der Waals surface area contributed by atoms with Gasteiger partial charge in [-0.05, 0) is 48.5 Å². The number of hydrogen-bond acceptors (Lipinski definition) is 4. The van der Waals surface area contributed by atoms with E-state index < -0.39 is 0 Å². The molecule has 148 valence electrons. The lowest BCUT2D eigenvalue weighted by Gasteiger charge is -2.08. The topological polar surface area (TPSA) is 56.1 Å². The van der Waals surface area contributed by atoms with Crippen molar-refractivity contribution in [3.63, 3.8) is 0 Å². The second kappa shape index (κ2) is 8.45. The number of thiazole rings is 1. The van der Waals surface area contributed by atoms with E-state index in [1.54, 1.807) is 19.2 Å². The fourth-order valence-electron chi connectivity index (χ4n) is 3.16. The van der Waals surface area contributed by atoms with E-state index in [-0.39, 0.29) is 18.1 Å². The zero-order valence-corrected chi connectivity index (χ0v) is 16.7. The van der Waals surface area contributed by atoms with Gasteiger partial charge in [0.25, 0.3) is 0 Å². The van der Waals surface area contributed by atoms with Gasteiger partial charge in [-0.3, -0.25) is 4.79 Å². The number of hydrogen-bond donors (Lipinski definition) is 1. The molecule has 5 nitrogen and oxygen atoms in total. The van der Waals surface area contributed by atoms with Gasteiger partial charge in [-0.25, -0.2) is 9.37 Å². The number of benzene rings is 2. The molecule has 2 aromatic heterocycles. The van der Waals surface area contributed by atoms with Crippen LogP contribution in [0.3, 0.4) is 0 Å². The Labute approximate surface area is 171 Å². The van der Waals surface area contributed by atoms with Gasteiger partial charge in [0.15, 0.2) is 0 Å². The Kier molecular flexibility index (Phi) is 5.57. The van der Waals surface area contributed by atoms with Gasteiger partial charge in [-0.15, -0.1) is 11.3 Å². The molecule has 4 aromatic rings. The van der Waals surface area contributed by atoms with Crippen molar-refractivity contribution in [3.05, 3.63) is 71.6 Å². The molecule has 0 saturated heterocycles. The van der Waals surface area contributed by atoms with Gasteiger partial charge in [-0.1, -0.05) is 0 Å². The average molecular weight is 409 g/mol. The first-order valence-electron chi connectivity index (χ1n) is 9.22. The summed E-state index contributed by atoms with van der Waals surface area (Å²) in [6, 6.07) is 14.2. The van der Waals surface area contributed by atoms with Crippen molar-refractivity contribution < 1.29 is 13.9 Å². The van der Waals surface area contributed by atoms with Gasteiger partial charge < -0.3 is 14.6 Å². The van der Waals surface area contributed by atoms with Gasteiger partial charge in [0, 0.05) is 41.1 Å². The van der Waals surface area contributed by atoms with Crippen molar-refractivity contribution in [3.8, 4) is 16.3 Å². The minimum absolute atomic E-state index is 0.0703. The maximum Gasteiger partial charge on any atom is 0.226 e. The van der Waals surface area contributed by atoms with Crippen LogP contribution in [-0.2, 0) is 17.8 Å². The Bertz CT molecular complexity index is 1130. The fourth-order valence-corrected chi connectivity index (χ4v) is 3.98. The highest BCUT2D eigenvalue weighted by Gasteiger charge is 2.09. The monoisotopic (exact) mass is 409 g/mol. The number of fused-ring (bicyclic) bond motifs is 1. The first-order chi connectivity index (χ1) is 14.1. The van der Waals surface area contributed by atoms with Crippen LogP contribution < -0.4 is 10.1 Å². The minimum atomic E-state index is -0.278. The number of carbonyl (C=O) groups is 1. The minimum Gasteiger partial charge on any atom is -0.497 e. The van der Waals surface area contributed by atoms with Gasteiger partial charge in [-0.2, -0.15) is 0 Å². The summed E-state index contributed by atoms with van der Waals surface area (Å²) >= 11 is 1.45. The first kappa shape index (κ1) is 19.1. The maximum absolute atomic E-state index is 13.0. The summed E-state index contributed by atoms with van der Waals surface area (Å²) in [5.41, 5.74) is 2.66. The molecule has 4 rings (SSSR count). The molecule has 0 atom stereocenters. The zero-order valence-electron chi connectivity index (χ0n) is 15.9. The van der Waals surface area contributed by atoms with Crippen LogP contribution in [0.1, 0.15) is 5.69 Å². The van der Waals surface area contributed by atoms with E-state index in [1.807, 2.05) is 35.8 Å². The Morgan fingerprint density at radius 2 is 2.03 bits per heavy atom. The fraction of sp³-hybridized carbons (Fsp3) is 0.182. The molecule has 29 heavy (non-hydrogen) atoms. The predicted molar refractivity (Wildman–Crippen MR) is 113 cm³/mol. The molecule has 0 aliphatic heterocycles.